The number of hydrogen-bond donors (Lipinski definition) is 2. The van der Waals surface area contributed by atoms with E-state index in [1.165, 1.54) is 6.42 Å². The van der Waals surface area contributed by atoms with E-state index in [1.54, 1.807) is 35.0 Å². The van der Waals surface area contributed by atoms with Gasteiger partial charge in [0.15, 0.2) is 5.82 Å². The van der Waals surface area contributed by atoms with Crippen LogP contribution in [0.1, 0.15) is 73.1 Å². The Morgan fingerprint density at radius 3 is 2.26 bits per heavy atom. The molecule has 3 rings (SSSR count). The Balaban J connectivity index is 1.90. The molecular weight excluding hydrogens is 484 g/mol. The maximum absolute atomic E-state index is 13.5. The maximum atomic E-state index is 13.5. The lowest BCUT2D eigenvalue weighted by atomic mass is 9.84. The summed E-state index contributed by atoms with van der Waals surface area (Å²) in [7, 11) is 3.23. The van der Waals surface area contributed by atoms with Crippen molar-refractivity contribution < 1.29 is 23.8 Å². The number of carbonyl (C=O) groups is 2. The number of nitrogens with one attached hydrogen (secondary N) is 2. The summed E-state index contributed by atoms with van der Waals surface area (Å²) in [4.78, 5) is 26.1. The Hall–Kier alpha value is -3.23. The molecule has 1 aliphatic carbocycles. The van der Waals surface area contributed by atoms with Gasteiger partial charge in [0.1, 0.15) is 23.1 Å². The van der Waals surface area contributed by atoms with E-state index in [4.69, 9.17) is 19.3 Å². The second kappa shape index (κ2) is 13.0. The van der Waals surface area contributed by atoms with Gasteiger partial charge in [-0.25, -0.2) is 4.79 Å². The summed E-state index contributed by atoms with van der Waals surface area (Å²) in [5, 5.41) is 10.5. The molecule has 2 aromatic rings. The molecule has 9 heteroatoms. The van der Waals surface area contributed by atoms with Crippen LogP contribution in [-0.2, 0) is 16.1 Å². The molecule has 1 aromatic carbocycles. The molecule has 1 saturated carbocycles. The number of anilines is 1. The van der Waals surface area contributed by atoms with E-state index in [2.05, 4.69) is 24.5 Å². The average Bonchev–Trinajstić information content (AvgIpc) is 3.23. The SMILES string of the molecule is COc1cccc(OC)c1-c1cc(NC(=O)[C@@H](CC2CCCCC2)NC(=O)OC(C)(C)C)nn1CC(C)C. The largest absolute Gasteiger partial charge is 0.496 e. The highest BCUT2D eigenvalue weighted by Gasteiger charge is 2.29. The van der Waals surface area contributed by atoms with Gasteiger partial charge < -0.3 is 24.8 Å². The predicted molar refractivity (Wildman–Crippen MR) is 149 cm³/mol. The number of methoxy groups -OCH3 is 2. The summed E-state index contributed by atoms with van der Waals surface area (Å²) in [5.74, 6) is 2.07. The lowest BCUT2D eigenvalue weighted by Crippen LogP contribution is -2.47. The zero-order chi connectivity index (χ0) is 27.9. The number of carbonyl (C=O) groups excluding carboxylic acids is 2. The summed E-state index contributed by atoms with van der Waals surface area (Å²) in [6.07, 6.45) is 5.59. The Labute approximate surface area is 226 Å². The van der Waals surface area contributed by atoms with Gasteiger partial charge in [0.25, 0.3) is 0 Å². The average molecular weight is 529 g/mol. The molecule has 1 atom stereocenters. The number of aromatic nitrogens is 2. The van der Waals surface area contributed by atoms with Crippen molar-refractivity contribution in [3.8, 4) is 22.8 Å². The van der Waals surface area contributed by atoms with Gasteiger partial charge in [-0.05, 0) is 51.2 Å². The first-order chi connectivity index (χ1) is 18.0. The topological polar surface area (TPSA) is 104 Å². The smallest absolute Gasteiger partial charge is 0.408 e. The van der Waals surface area contributed by atoms with Gasteiger partial charge in [-0.3, -0.25) is 9.48 Å². The van der Waals surface area contributed by atoms with Crippen molar-refractivity contribution in [2.75, 3.05) is 19.5 Å². The quantitative estimate of drug-likeness (QED) is 0.390. The van der Waals surface area contributed by atoms with Crippen molar-refractivity contribution in [2.45, 2.75) is 91.3 Å². The molecule has 0 radical (unpaired) electrons. The number of nitrogens with zero attached hydrogens (tertiary/aromatic N) is 2. The monoisotopic (exact) mass is 528 g/mol. The molecule has 9 nitrogen and oxygen atoms in total. The third-order valence-corrected chi connectivity index (χ3v) is 6.55. The van der Waals surface area contributed by atoms with Crippen LogP contribution < -0.4 is 20.1 Å². The van der Waals surface area contributed by atoms with E-state index in [0.717, 1.165) is 36.9 Å². The number of alkyl carbamates (subject to hydrolysis) is 1. The second-order valence-corrected chi connectivity index (χ2v) is 11.5. The first-order valence-corrected chi connectivity index (χ1v) is 13.6. The summed E-state index contributed by atoms with van der Waals surface area (Å²) in [5.41, 5.74) is 0.873. The van der Waals surface area contributed by atoms with Gasteiger partial charge >= 0.3 is 6.09 Å². The van der Waals surface area contributed by atoms with E-state index in [9.17, 15) is 9.59 Å². The molecule has 1 aromatic heterocycles. The highest BCUT2D eigenvalue weighted by molar-refractivity contribution is 5.96. The molecule has 1 heterocycles. The molecule has 0 bridgehead atoms. The Bertz CT molecular complexity index is 1060. The Kier molecular flexibility index (Phi) is 10.1. The lowest BCUT2D eigenvalue weighted by Gasteiger charge is -2.27. The van der Waals surface area contributed by atoms with Crippen LogP contribution in [0, 0.1) is 11.8 Å². The minimum absolute atomic E-state index is 0.311. The van der Waals surface area contributed by atoms with E-state index in [0.29, 0.717) is 42.1 Å². The van der Waals surface area contributed by atoms with E-state index < -0.39 is 17.7 Å². The molecule has 0 saturated heterocycles. The third kappa shape index (κ3) is 8.13. The summed E-state index contributed by atoms with van der Waals surface area (Å²) >= 11 is 0. The summed E-state index contributed by atoms with van der Waals surface area (Å²) in [6.45, 7) is 10.3. The number of amides is 2. The maximum Gasteiger partial charge on any atom is 0.408 e. The van der Waals surface area contributed by atoms with Crippen molar-refractivity contribution in [3.05, 3.63) is 24.3 Å². The molecule has 2 N–H and O–H groups in total. The van der Waals surface area contributed by atoms with Gasteiger partial charge in [-0.2, -0.15) is 5.10 Å². The van der Waals surface area contributed by atoms with Crippen molar-refractivity contribution in [3.63, 3.8) is 0 Å². The zero-order valence-electron chi connectivity index (χ0n) is 23.9. The number of ether oxygens (including phenoxy) is 3. The highest BCUT2D eigenvalue weighted by Crippen LogP contribution is 2.39. The summed E-state index contributed by atoms with van der Waals surface area (Å²) in [6, 6.07) is 6.70. The van der Waals surface area contributed by atoms with Gasteiger partial charge in [0, 0.05) is 12.6 Å². The normalized spacial score (nSPS) is 15.2. The Morgan fingerprint density at radius 1 is 1.08 bits per heavy atom. The number of benzene rings is 1. The minimum atomic E-state index is -0.729. The van der Waals surface area contributed by atoms with Crippen LogP contribution in [0.25, 0.3) is 11.3 Å². The molecule has 0 aliphatic heterocycles. The number of hydrogen-bond acceptors (Lipinski definition) is 6. The van der Waals surface area contributed by atoms with Crippen molar-refractivity contribution in [1.82, 2.24) is 15.1 Å². The minimum Gasteiger partial charge on any atom is -0.496 e. The molecule has 0 spiro atoms. The van der Waals surface area contributed by atoms with Crippen LogP contribution in [0.3, 0.4) is 0 Å². The molecule has 0 unspecified atom stereocenters. The first kappa shape index (κ1) is 29.3. The molecule has 1 aliphatic rings. The van der Waals surface area contributed by atoms with Crippen molar-refractivity contribution >= 4 is 17.8 Å². The van der Waals surface area contributed by atoms with Gasteiger partial charge in [-0.15, -0.1) is 0 Å². The second-order valence-electron chi connectivity index (χ2n) is 11.5. The molecular formula is C29H44N4O5. The van der Waals surface area contributed by atoms with Crippen LogP contribution >= 0.6 is 0 Å². The zero-order valence-corrected chi connectivity index (χ0v) is 23.9. The van der Waals surface area contributed by atoms with Crippen LogP contribution in [0.5, 0.6) is 11.5 Å². The highest BCUT2D eigenvalue weighted by atomic mass is 16.6. The standard InChI is InChI=1S/C29H44N4O5/c1-19(2)18-33-22(26-23(36-6)14-11-15-24(26)37-7)17-25(32-33)31-27(34)21(16-20-12-9-8-10-13-20)30-28(35)38-29(3,4)5/h11,14-15,17,19-21H,8-10,12-13,16,18H2,1-7H3,(H,30,35)(H,31,32,34)/t21-/m1/s1. The molecule has 2 amide bonds. The number of rotatable bonds is 10. The Morgan fingerprint density at radius 2 is 1.71 bits per heavy atom. The third-order valence-electron chi connectivity index (χ3n) is 6.55. The molecule has 1 fully saturated rings. The fourth-order valence-corrected chi connectivity index (χ4v) is 4.92. The first-order valence-electron chi connectivity index (χ1n) is 13.6. The van der Waals surface area contributed by atoms with Gasteiger partial charge in [-0.1, -0.05) is 52.0 Å². The van der Waals surface area contributed by atoms with Crippen molar-refractivity contribution in [1.29, 1.82) is 0 Å². The van der Waals surface area contributed by atoms with Crippen LogP contribution in [0.2, 0.25) is 0 Å². The molecule has 38 heavy (non-hydrogen) atoms. The van der Waals surface area contributed by atoms with Gasteiger partial charge in [0.2, 0.25) is 5.91 Å². The predicted octanol–water partition coefficient (Wildman–Crippen LogP) is 6.03. The van der Waals surface area contributed by atoms with Crippen LogP contribution in [0.15, 0.2) is 24.3 Å². The van der Waals surface area contributed by atoms with Crippen LogP contribution in [0.4, 0.5) is 10.6 Å². The van der Waals surface area contributed by atoms with Crippen LogP contribution in [-0.4, -0.2) is 47.6 Å². The van der Waals surface area contributed by atoms with Crippen molar-refractivity contribution in [2.24, 2.45) is 11.8 Å². The van der Waals surface area contributed by atoms with E-state index >= 15 is 0 Å². The van der Waals surface area contributed by atoms with Gasteiger partial charge in [0.05, 0.1) is 25.5 Å². The molecule has 210 valence electrons. The fraction of sp³-hybridized carbons (Fsp3) is 0.621. The van der Waals surface area contributed by atoms with E-state index in [-0.39, 0.29) is 5.91 Å². The van der Waals surface area contributed by atoms with E-state index in [1.807, 2.05) is 28.9 Å². The fourth-order valence-electron chi connectivity index (χ4n) is 4.92. The summed E-state index contributed by atoms with van der Waals surface area (Å²) < 4.78 is 18.6. The lowest BCUT2D eigenvalue weighted by molar-refractivity contribution is -0.118.